The number of halogens is 2. The number of Topliss-reactive ketones (excluding diaryl/α,β-unsaturated/α-hetero) is 1. The van der Waals surface area contributed by atoms with Gasteiger partial charge in [0.1, 0.15) is 5.75 Å². The molecule has 0 saturated carbocycles. The number of carbonyl (C=O) groups excluding carboxylic acids is 1. The van der Waals surface area contributed by atoms with E-state index in [1.165, 1.54) is 12.1 Å². The Hall–Kier alpha value is -1.45. The number of rotatable bonds is 4. The molecular formula is C10H10F2O2. The van der Waals surface area contributed by atoms with Gasteiger partial charge in [-0.1, -0.05) is 19.1 Å². The molecule has 0 aliphatic carbocycles. The Morgan fingerprint density at radius 2 is 2.07 bits per heavy atom. The molecule has 0 spiro atoms. The van der Waals surface area contributed by atoms with Crippen LogP contribution in [0.4, 0.5) is 8.78 Å². The number of hydrogen-bond acceptors (Lipinski definition) is 2. The minimum atomic E-state index is -2.90. The maximum atomic E-state index is 11.9. The third kappa shape index (κ3) is 2.52. The third-order valence-corrected chi connectivity index (χ3v) is 1.72. The minimum absolute atomic E-state index is 0.0608. The molecule has 0 amide bonds. The summed E-state index contributed by atoms with van der Waals surface area (Å²) >= 11 is 0. The van der Waals surface area contributed by atoms with Crippen molar-refractivity contribution in [1.29, 1.82) is 0 Å². The SMILES string of the molecule is CCC(=O)c1ccccc1OC(F)F. The summed E-state index contributed by atoms with van der Waals surface area (Å²) in [4.78, 5) is 11.3. The van der Waals surface area contributed by atoms with E-state index in [0.29, 0.717) is 0 Å². The van der Waals surface area contributed by atoms with Crippen LogP contribution in [0.5, 0.6) is 5.75 Å². The van der Waals surface area contributed by atoms with Crippen molar-refractivity contribution in [3.63, 3.8) is 0 Å². The van der Waals surface area contributed by atoms with Gasteiger partial charge in [0.25, 0.3) is 0 Å². The highest BCUT2D eigenvalue weighted by Crippen LogP contribution is 2.21. The lowest BCUT2D eigenvalue weighted by atomic mass is 10.1. The quantitative estimate of drug-likeness (QED) is 0.698. The molecule has 0 bridgehead atoms. The van der Waals surface area contributed by atoms with Crippen LogP contribution in [0.3, 0.4) is 0 Å². The van der Waals surface area contributed by atoms with Gasteiger partial charge in [0, 0.05) is 6.42 Å². The van der Waals surface area contributed by atoms with Gasteiger partial charge >= 0.3 is 6.61 Å². The fourth-order valence-corrected chi connectivity index (χ4v) is 1.09. The number of ketones is 1. The summed E-state index contributed by atoms with van der Waals surface area (Å²) in [5, 5.41) is 0. The van der Waals surface area contributed by atoms with Crippen molar-refractivity contribution >= 4 is 5.78 Å². The summed E-state index contributed by atoms with van der Waals surface area (Å²) in [5.74, 6) is -0.268. The number of ether oxygens (including phenoxy) is 1. The Morgan fingerprint density at radius 1 is 1.43 bits per heavy atom. The number of hydrogen-bond donors (Lipinski definition) is 0. The van der Waals surface area contributed by atoms with Gasteiger partial charge in [-0.05, 0) is 12.1 Å². The summed E-state index contributed by atoms with van der Waals surface area (Å²) in [7, 11) is 0. The first-order chi connectivity index (χ1) is 6.65. The predicted molar refractivity (Wildman–Crippen MR) is 47.7 cm³/mol. The van der Waals surface area contributed by atoms with E-state index in [1.54, 1.807) is 19.1 Å². The van der Waals surface area contributed by atoms with Gasteiger partial charge in [0.2, 0.25) is 0 Å². The number of benzene rings is 1. The van der Waals surface area contributed by atoms with Crippen molar-refractivity contribution in [2.24, 2.45) is 0 Å². The van der Waals surface area contributed by atoms with Crippen LogP contribution < -0.4 is 4.74 Å². The third-order valence-electron chi connectivity index (χ3n) is 1.72. The van der Waals surface area contributed by atoms with Crippen LogP contribution in [0, 0.1) is 0 Å². The predicted octanol–water partition coefficient (Wildman–Crippen LogP) is 2.88. The molecule has 0 N–H and O–H groups in total. The van der Waals surface area contributed by atoms with E-state index in [1.807, 2.05) is 0 Å². The minimum Gasteiger partial charge on any atom is -0.434 e. The molecule has 0 unspecified atom stereocenters. The Balaban J connectivity index is 2.97. The first-order valence-corrected chi connectivity index (χ1v) is 4.22. The van der Waals surface area contributed by atoms with E-state index >= 15 is 0 Å². The van der Waals surface area contributed by atoms with Crippen molar-refractivity contribution < 1.29 is 18.3 Å². The highest BCUT2D eigenvalue weighted by molar-refractivity contribution is 5.98. The van der Waals surface area contributed by atoms with Crippen LogP contribution in [0.1, 0.15) is 23.7 Å². The van der Waals surface area contributed by atoms with E-state index in [9.17, 15) is 13.6 Å². The zero-order valence-electron chi connectivity index (χ0n) is 7.67. The number of alkyl halides is 2. The molecular weight excluding hydrogens is 190 g/mol. The van der Waals surface area contributed by atoms with Crippen molar-refractivity contribution in [1.82, 2.24) is 0 Å². The zero-order valence-corrected chi connectivity index (χ0v) is 7.67. The first kappa shape index (κ1) is 10.6. The molecule has 0 saturated heterocycles. The molecule has 4 heteroatoms. The van der Waals surface area contributed by atoms with Crippen LogP contribution in [-0.2, 0) is 0 Å². The molecule has 0 radical (unpaired) electrons. The number of carbonyl (C=O) groups is 1. The Bertz CT molecular complexity index is 324. The second kappa shape index (κ2) is 4.69. The van der Waals surface area contributed by atoms with Gasteiger partial charge in [0.15, 0.2) is 5.78 Å². The summed E-state index contributed by atoms with van der Waals surface area (Å²) in [5.41, 5.74) is 0.204. The summed E-state index contributed by atoms with van der Waals surface area (Å²) < 4.78 is 28.1. The smallest absolute Gasteiger partial charge is 0.387 e. The maximum Gasteiger partial charge on any atom is 0.387 e. The van der Waals surface area contributed by atoms with Crippen LogP contribution in [0.25, 0.3) is 0 Å². The summed E-state index contributed by atoms with van der Waals surface area (Å²) in [6.07, 6.45) is 0.267. The highest BCUT2D eigenvalue weighted by Gasteiger charge is 2.13. The monoisotopic (exact) mass is 200 g/mol. The van der Waals surface area contributed by atoms with Crippen molar-refractivity contribution in [3.8, 4) is 5.75 Å². The first-order valence-electron chi connectivity index (χ1n) is 4.22. The molecule has 0 aliphatic rings. The van der Waals surface area contributed by atoms with Gasteiger partial charge in [-0.3, -0.25) is 4.79 Å². The lowest BCUT2D eigenvalue weighted by molar-refractivity contribution is -0.0501. The van der Waals surface area contributed by atoms with Gasteiger partial charge in [-0.15, -0.1) is 0 Å². The van der Waals surface area contributed by atoms with Crippen LogP contribution in [-0.4, -0.2) is 12.4 Å². The maximum absolute atomic E-state index is 11.9. The molecule has 1 aromatic rings. The zero-order chi connectivity index (χ0) is 10.6. The molecule has 0 heterocycles. The van der Waals surface area contributed by atoms with E-state index < -0.39 is 6.61 Å². The normalized spacial score (nSPS) is 10.3. The van der Waals surface area contributed by atoms with Gasteiger partial charge in [-0.25, -0.2) is 0 Å². The average Bonchev–Trinajstić information content (AvgIpc) is 2.16. The van der Waals surface area contributed by atoms with E-state index in [0.717, 1.165) is 0 Å². The Kier molecular flexibility index (Phi) is 3.56. The lowest BCUT2D eigenvalue weighted by Crippen LogP contribution is -2.07. The molecule has 14 heavy (non-hydrogen) atoms. The van der Waals surface area contributed by atoms with Crippen molar-refractivity contribution in [3.05, 3.63) is 29.8 Å². The van der Waals surface area contributed by atoms with Gasteiger partial charge < -0.3 is 4.74 Å². The van der Waals surface area contributed by atoms with Crippen LogP contribution >= 0.6 is 0 Å². The average molecular weight is 200 g/mol. The Morgan fingerprint density at radius 3 is 2.64 bits per heavy atom. The van der Waals surface area contributed by atoms with E-state index in [2.05, 4.69) is 4.74 Å². The van der Waals surface area contributed by atoms with Crippen molar-refractivity contribution in [2.45, 2.75) is 20.0 Å². The van der Waals surface area contributed by atoms with Gasteiger partial charge in [-0.2, -0.15) is 8.78 Å². The fraction of sp³-hybridized carbons (Fsp3) is 0.300. The fourth-order valence-electron chi connectivity index (χ4n) is 1.09. The second-order valence-electron chi connectivity index (χ2n) is 2.65. The van der Waals surface area contributed by atoms with Gasteiger partial charge in [0.05, 0.1) is 5.56 Å². The Labute approximate surface area is 80.5 Å². The molecule has 1 aromatic carbocycles. The number of para-hydroxylation sites is 1. The lowest BCUT2D eigenvalue weighted by Gasteiger charge is -2.08. The van der Waals surface area contributed by atoms with E-state index in [4.69, 9.17) is 0 Å². The summed E-state index contributed by atoms with van der Waals surface area (Å²) in [6, 6.07) is 5.99. The highest BCUT2D eigenvalue weighted by atomic mass is 19.3. The molecule has 2 nitrogen and oxygen atoms in total. The molecule has 0 atom stereocenters. The van der Waals surface area contributed by atoms with E-state index in [-0.39, 0.29) is 23.5 Å². The molecule has 76 valence electrons. The van der Waals surface area contributed by atoms with Crippen LogP contribution in [0.2, 0.25) is 0 Å². The molecule has 0 aliphatic heterocycles. The van der Waals surface area contributed by atoms with Crippen molar-refractivity contribution in [2.75, 3.05) is 0 Å². The summed E-state index contributed by atoms with van der Waals surface area (Å²) in [6.45, 7) is -1.23. The largest absolute Gasteiger partial charge is 0.434 e. The molecule has 0 fully saturated rings. The molecule has 1 rings (SSSR count). The molecule has 0 aromatic heterocycles. The second-order valence-corrected chi connectivity index (χ2v) is 2.65. The topological polar surface area (TPSA) is 26.3 Å². The van der Waals surface area contributed by atoms with Crippen LogP contribution in [0.15, 0.2) is 24.3 Å². The standard InChI is InChI=1S/C10H10F2O2/c1-2-8(13)7-5-3-4-6-9(7)14-10(11)12/h3-6,10H,2H2,1H3.